The van der Waals surface area contributed by atoms with E-state index in [1.807, 2.05) is 18.2 Å². The average molecular weight is 273 g/mol. The van der Waals surface area contributed by atoms with E-state index < -0.39 is 0 Å². The number of aromatic amines is 1. The molecule has 6 heteroatoms. The minimum absolute atomic E-state index is 0.289. The van der Waals surface area contributed by atoms with E-state index in [0.717, 1.165) is 24.1 Å². The number of anilines is 1. The molecule has 1 aromatic carbocycles. The summed E-state index contributed by atoms with van der Waals surface area (Å²) < 4.78 is 5.58. The third kappa shape index (κ3) is 2.80. The zero-order valence-corrected chi connectivity index (χ0v) is 11.5. The first-order valence-corrected chi connectivity index (χ1v) is 7.00. The van der Waals surface area contributed by atoms with E-state index >= 15 is 0 Å². The maximum Gasteiger partial charge on any atom is 0.204 e. The minimum Gasteiger partial charge on any atom is -0.380 e. The summed E-state index contributed by atoms with van der Waals surface area (Å²) >= 11 is 0. The predicted octanol–water partition coefficient (Wildman–Crippen LogP) is 2.24. The molecular formula is C14H19N5O. The van der Waals surface area contributed by atoms with Crippen molar-refractivity contribution in [2.75, 3.05) is 12.4 Å². The molecule has 106 valence electrons. The first-order valence-electron chi connectivity index (χ1n) is 7.00. The van der Waals surface area contributed by atoms with Crippen molar-refractivity contribution in [3.05, 3.63) is 24.3 Å². The molecule has 3 rings (SSSR count). The summed E-state index contributed by atoms with van der Waals surface area (Å²) in [5, 5.41) is 17.7. The van der Waals surface area contributed by atoms with Crippen LogP contribution in [-0.2, 0) is 4.74 Å². The number of ether oxygens (including phenoxy) is 1. The lowest BCUT2D eigenvalue weighted by Gasteiger charge is -2.31. The SMILES string of the molecule is COC1CCCCC1Nc1cccc(-c2nn[nH]n2)c1. The second kappa shape index (κ2) is 6.00. The summed E-state index contributed by atoms with van der Waals surface area (Å²) in [5.41, 5.74) is 2.02. The molecule has 0 amide bonds. The molecule has 1 saturated carbocycles. The second-order valence-electron chi connectivity index (χ2n) is 5.13. The van der Waals surface area contributed by atoms with E-state index in [2.05, 4.69) is 32.0 Å². The Balaban J connectivity index is 1.75. The molecule has 2 atom stereocenters. The number of hydrogen-bond acceptors (Lipinski definition) is 5. The number of nitrogens with zero attached hydrogens (tertiary/aromatic N) is 3. The number of H-pyrrole nitrogens is 1. The summed E-state index contributed by atoms with van der Waals surface area (Å²) in [6.45, 7) is 0. The Morgan fingerprint density at radius 1 is 1.30 bits per heavy atom. The van der Waals surface area contributed by atoms with E-state index in [9.17, 15) is 0 Å². The highest BCUT2D eigenvalue weighted by Gasteiger charge is 2.24. The molecule has 2 N–H and O–H groups in total. The summed E-state index contributed by atoms with van der Waals surface area (Å²) in [6, 6.07) is 8.45. The third-order valence-corrected chi connectivity index (χ3v) is 3.82. The van der Waals surface area contributed by atoms with Crippen molar-refractivity contribution in [3.63, 3.8) is 0 Å². The molecule has 1 aromatic heterocycles. The van der Waals surface area contributed by atoms with Gasteiger partial charge in [-0.3, -0.25) is 0 Å². The molecule has 0 bridgehead atoms. The Hall–Kier alpha value is -1.95. The molecule has 0 aliphatic heterocycles. The molecular weight excluding hydrogens is 254 g/mol. The Bertz CT molecular complexity index is 542. The van der Waals surface area contributed by atoms with Gasteiger partial charge in [0, 0.05) is 18.4 Å². The Labute approximate surface area is 117 Å². The Morgan fingerprint density at radius 2 is 2.20 bits per heavy atom. The topological polar surface area (TPSA) is 75.7 Å². The monoisotopic (exact) mass is 273 g/mol. The van der Waals surface area contributed by atoms with Crippen molar-refractivity contribution in [2.45, 2.75) is 37.8 Å². The number of rotatable bonds is 4. The lowest BCUT2D eigenvalue weighted by atomic mass is 9.92. The number of nitrogens with one attached hydrogen (secondary N) is 2. The van der Waals surface area contributed by atoms with Crippen molar-refractivity contribution in [2.24, 2.45) is 0 Å². The van der Waals surface area contributed by atoms with Crippen LogP contribution in [0.25, 0.3) is 11.4 Å². The summed E-state index contributed by atoms with van der Waals surface area (Å²) in [5.74, 6) is 0.612. The van der Waals surface area contributed by atoms with E-state index in [-0.39, 0.29) is 6.10 Å². The van der Waals surface area contributed by atoms with Gasteiger partial charge in [-0.05, 0) is 30.2 Å². The van der Waals surface area contributed by atoms with Gasteiger partial charge in [-0.2, -0.15) is 5.21 Å². The molecule has 0 radical (unpaired) electrons. The Morgan fingerprint density at radius 3 is 3.00 bits per heavy atom. The van der Waals surface area contributed by atoms with Gasteiger partial charge in [0.1, 0.15) is 0 Å². The molecule has 2 aromatic rings. The highest BCUT2D eigenvalue weighted by Crippen LogP contribution is 2.25. The fourth-order valence-corrected chi connectivity index (χ4v) is 2.79. The van der Waals surface area contributed by atoms with E-state index in [0.29, 0.717) is 11.9 Å². The lowest BCUT2D eigenvalue weighted by molar-refractivity contribution is 0.0606. The van der Waals surface area contributed by atoms with Crippen molar-refractivity contribution >= 4 is 5.69 Å². The van der Waals surface area contributed by atoms with Crippen molar-refractivity contribution in [1.82, 2.24) is 20.6 Å². The standard InChI is InChI=1S/C14H19N5O/c1-20-13-8-3-2-7-12(13)15-11-6-4-5-10(9-11)14-16-18-19-17-14/h4-6,9,12-13,15H,2-3,7-8H2,1H3,(H,16,17,18,19). The maximum absolute atomic E-state index is 5.58. The van der Waals surface area contributed by atoms with Crippen LogP contribution >= 0.6 is 0 Å². The van der Waals surface area contributed by atoms with Gasteiger partial charge in [0.25, 0.3) is 0 Å². The number of tetrazole rings is 1. The van der Waals surface area contributed by atoms with Crippen LogP contribution in [0.15, 0.2) is 24.3 Å². The third-order valence-electron chi connectivity index (χ3n) is 3.82. The molecule has 2 unspecified atom stereocenters. The second-order valence-corrected chi connectivity index (χ2v) is 5.13. The highest BCUT2D eigenvalue weighted by molar-refractivity contribution is 5.62. The van der Waals surface area contributed by atoms with Gasteiger partial charge < -0.3 is 10.1 Å². The van der Waals surface area contributed by atoms with Crippen molar-refractivity contribution < 1.29 is 4.74 Å². The average Bonchev–Trinajstić information content (AvgIpc) is 3.02. The molecule has 1 aliphatic carbocycles. The molecule has 6 nitrogen and oxygen atoms in total. The first kappa shape index (κ1) is 13.1. The van der Waals surface area contributed by atoms with Gasteiger partial charge in [-0.15, -0.1) is 10.2 Å². The van der Waals surface area contributed by atoms with E-state index in [1.54, 1.807) is 7.11 Å². The van der Waals surface area contributed by atoms with Crippen LogP contribution in [0.4, 0.5) is 5.69 Å². The van der Waals surface area contributed by atoms with Crippen molar-refractivity contribution in [3.8, 4) is 11.4 Å². The largest absolute Gasteiger partial charge is 0.380 e. The lowest BCUT2D eigenvalue weighted by Crippen LogP contribution is -2.37. The highest BCUT2D eigenvalue weighted by atomic mass is 16.5. The predicted molar refractivity (Wildman–Crippen MR) is 76.3 cm³/mol. The molecule has 0 saturated heterocycles. The van der Waals surface area contributed by atoms with Crippen LogP contribution in [-0.4, -0.2) is 39.9 Å². The van der Waals surface area contributed by atoms with Gasteiger partial charge in [-0.1, -0.05) is 25.0 Å². The number of methoxy groups -OCH3 is 1. The van der Waals surface area contributed by atoms with Gasteiger partial charge >= 0.3 is 0 Å². The van der Waals surface area contributed by atoms with Crippen LogP contribution in [0.5, 0.6) is 0 Å². The van der Waals surface area contributed by atoms with Crippen LogP contribution < -0.4 is 5.32 Å². The summed E-state index contributed by atoms with van der Waals surface area (Å²) in [6.07, 6.45) is 5.06. The van der Waals surface area contributed by atoms with Gasteiger partial charge in [0.2, 0.25) is 5.82 Å². The van der Waals surface area contributed by atoms with E-state index in [1.165, 1.54) is 12.8 Å². The fourth-order valence-electron chi connectivity index (χ4n) is 2.79. The number of aromatic nitrogens is 4. The maximum atomic E-state index is 5.58. The van der Waals surface area contributed by atoms with E-state index in [4.69, 9.17) is 4.74 Å². The Kier molecular flexibility index (Phi) is 3.92. The number of hydrogen-bond donors (Lipinski definition) is 2. The van der Waals surface area contributed by atoms with Gasteiger partial charge in [-0.25, -0.2) is 0 Å². The first-order chi connectivity index (χ1) is 9.86. The molecule has 1 fully saturated rings. The zero-order valence-electron chi connectivity index (χ0n) is 11.5. The normalized spacial score (nSPS) is 22.6. The van der Waals surface area contributed by atoms with Crippen LogP contribution in [0.1, 0.15) is 25.7 Å². The van der Waals surface area contributed by atoms with Crippen LogP contribution in [0, 0.1) is 0 Å². The van der Waals surface area contributed by atoms with Crippen LogP contribution in [0.3, 0.4) is 0 Å². The van der Waals surface area contributed by atoms with Crippen LogP contribution in [0.2, 0.25) is 0 Å². The number of benzene rings is 1. The zero-order chi connectivity index (χ0) is 13.8. The van der Waals surface area contributed by atoms with Gasteiger partial charge in [0.15, 0.2) is 0 Å². The smallest absolute Gasteiger partial charge is 0.204 e. The summed E-state index contributed by atoms with van der Waals surface area (Å²) in [4.78, 5) is 0. The quantitative estimate of drug-likeness (QED) is 0.893. The summed E-state index contributed by atoms with van der Waals surface area (Å²) in [7, 11) is 1.79. The molecule has 1 aliphatic rings. The van der Waals surface area contributed by atoms with Gasteiger partial charge in [0.05, 0.1) is 12.1 Å². The minimum atomic E-state index is 0.289. The fraction of sp³-hybridized carbons (Fsp3) is 0.500. The molecule has 0 spiro atoms. The van der Waals surface area contributed by atoms with Crippen molar-refractivity contribution in [1.29, 1.82) is 0 Å². The molecule has 1 heterocycles. The molecule has 20 heavy (non-hydrogen) atoms.